The molecule has 6 rings (SSSR count). The van der Waals surface area contributed by atoms with Crippen molar-refractivity contribution in [3.8, 4) is 17.3 Å². The van der Waals surface area contributed by atoms with E-state index in [0.717, 1.165) is 79.9 Å². The maximum Gasteiger partial charge on any atom is 0.356 e. The van der Waals surface area contributed by atoms with Crippen LogP contribution in [0.1, 0.15) is 59.8 Å². The highest BCUT2D eigenvalue weighted by Crippen LogP contribution is 2.31. The summed E-state index contributed by atoms with van der Waals surface area (Å²) in [6.07, 6.45) is 4.45. The van der Waals surface area contributed by atoms with Crippen molar-refractivity contribution in [1.29, 1.82) is 10.7 Å². The van der Waals surface area contributed by atoms with Crippen LogP contribution >= 0.6 is 0 Å². The zero-order valence-corrected chi connectivity index (χ0v) is 26.0. The van der Waals surface area contributed by atoms with Crippen LogP contribution in [0.15, 0.2) is 65.9 Å². The van der Waals surface area contributed by atoms with Crippen molar-refractivity contribution < 1.29 is 14.7 Å². The molecule has 2 aromatic carbocycles. The molecule has 0 aliphatic carbocycles. The fourth-order valence-corrected chi connectivity index (χ4v) is 6.59. The van der Waals surface area contributed by atoms with Gasteiger partial charge in [0.05, 0.1) is 23.9 Å². The first kappa shape index (κ1) is 30.9. The van der Waals surface area contributed by atoms with Crippen molar-refractivity contribution in [2.24, 2.45) is 0 Å². The van der Waals surface area contributed by atoms with Crippen molar-refractivity contribution in [1.82, 2.24) is 25.3 Å². The molecule has 3 aliphatic rings. The molecular formula is C35H38N8O3. The van der Waals surface area contributed by atoms with Gasteiger partial charge in [-0.2, -0.15) is 5.26 Å². The Kier molecular flexibility index (Phi) is 9.08. The van der Waals surface area contributed by atoms with E-state index in [0.29, 0.717) is 42.6 Å². The Morgan fingerprint density at radius 2 is 1.80 bits per heavy atom. The minimum atomic E-state index is -1.09. The second-order valence-electron chi connectivity index (χ2n) is 12.2. The highest BCUT2D eigenvalue weighted by molar-refractivity contribution is 6.09. The number of aryl methyl sites for hydroxylation is 1. The van der Waals surface area contributed by atoms with Gasteiger partial charge in [-0.05, 0) is 67.1 Å². The zero-order chi connectivity index (χ0) is 32.2. The molecule has 0 bridgehead atoms. The molecule has 0 radical (unpaired) electrons. The Morgan fingerprint density at radius 1 is 1.02 bits per heavy atom. The number of carboxylic acid groups (broad SMARTS) is 1. The first-order valence-corrected chi connectivity index (χ1v) is 15.8. The van der Waals surface area contributed by atoms with E-state index in [4.69, 9.17) is 5.11 Å². The molecule has 1 saturated heterocycles. The number of likely N-dealkylation sites (tertiary alicyclic amines) is 1. The number of nitriles is 1. The summed E-state index contributed by atoms with van der Waals surface area (Å²) >= 11 is 0. The van der Waals surface area contributed by atoms with Gasteiger partial charge in [-0.15, -0.1) is 10.2 Å². The maximum absolute atomic E-state index is 12.4. The van der Waals surface area contributed by atoms with Gasteiger partial charge in [0.15, 0.2) is 5.69 Å². The number of hydrogen-bond donors (Lipinski definition) is 3. The molecule has 236 valence electrons. The van der Waals surface area contributed by atoms with Crippen LogP contribution in [-0.2, 0) is 17.8 Å². The molecule has 11 nitrogen and oxygen atoms in total. The van der Waals surface area contributed by atoms with Gasteiger partial charge in [0.1, 0.15) is 5.84 Å². The molecule has 1 amide bonds. The standard InChI is InChI=1S/C35H38N8O3/c1-23(44)42-18-14-31(29(22-42)34(37)43-15-2-3-27-19-25(20-36)6-11-33(27)43)38-28-12-16-41(17-13-28)21-24-4-7-26(8-5-24)30-9-10-32(35(45)46)40-39-30/h4-11,19,28,37-38H,2-3,12-18,21-22H2,1H3,(H,45,46). The van der Waals surface area contributed by atoms with Gasteiger partial charge in [0, 0.05) is 74.6 Å². The van der Waals surface area contributed by atoms with Gasteiger partial charge in [0.25, 0.3) is 0 Å². The van der Waals surface area contributed by atoms with E-state index in [2.05, 4.69) is 38.6 Å². The second kappa shape index (κ2) is 13.5. The third kappa shape index (κ3) is 6.77. The van der Waals surface area contributed by atoms with Gasteiger partial charge >= 0.3 is 5.97 Å². The van der Waals surface area contributed by atoms with E-state index >= 15 is 0 Å². The van der Waals surface area contributed by atoms with Crippen LogP contribution in [0.25, 0.3) is 11.3 Å². The average molecular weight is 619 g/mol. The van der Waals surface area contributed by atoms with Crippen LogP contribution in [0.4, 0.5) is 5.69 Å². The lowest BCUT2D eigenvalue weighted by molar-refractivity contribution is -0.128. The molecule has 0 spiro atoms. The monoisotopic (exact) mass is 618 g/mol. The SMILES string of the molecule is CC(=O)N1CCC(NC2CCN(Cc3ccc(-c4ccc(C(=O)O)nn4)cc3)CC2)=C(C(=N)N2CCCc3cc(C#N)ccc32)C1. The Morgan fingerprint density at radius 3 is 2.48 bits per heavy atom. The van der Waals surface area contributed by atoms with Crippen LogP contribution < -0.4 is 10.2 Å². The number of carboxylic acids is 1. The Hall–Kier alpha value is -5.08. The number of nitrogens with zero attached hydrogens (tertiary/aromatic N) is 6. The minimum Gasteiger partial charge on any atom is -0.476 e. The fraction of sp³-hybridized carbons (Fsp3) is 0.371. The van der Waals surface area contributed by atoms with E-state index in [1.165, 1.54) is 11.6 Å². The molecule has 11 heteroatoms. The molecule has 1 fully saturated rings. The predicted octanol–water partition coefficient (Wildman–Crippen LogP) is 4.20. The Bertz CT molecular complexity index is 1700. The van der Waals surface area contributed by atoms with E-state index in [9.17, 15) is 20.3 Å². The fourth-order valence-electron chi connectivity index (χ4n) is 6.59. The molecule has 0 saturated carbocycles. The number of piperidine rings is 1. The van der Waals surface area contributed by atoms with Gasteiger partial charge in [-0.1, -0.05) is 24.3 Å². The molecule has 3 aromatic rings. The van der Waals surface area contributed by atoms with Crippen molar-refractivity contribution >= 4 is 23.4 Å². The van der Waals surface area contributed by atoms with Crippen LogP contribution in [0, 0.1) is 16.7 Å². The first-order valence-electron chi connectivity index (χ1n) is 15.8. The molecule has 46 heavy (non-hydrogen) atoms. The van der Waals surface area contributed by atoms with Crippen LogP contribution in [0.3, 0.4) is 0 Å². The molecule has 3 aliphatic heterocycles. The van der Waals surface area contributed by atoms with Crippen LogP contribution in [0.2, 0.25) is 0 Å². The number of hydrogen-bond acceptors (Lipinski definition) is 8. The lowest BCUT2D eigenvalue weighted by Crippen LogP contribution is -2.47. The number of rotatable bonds is 7. The van der Waals surface area contributed by atoms with Gasteiger partial charge < -0.3 is 20.2 Å². The topological polar surface area (TPSA) is 150 Å². The number of benzene rings is 2. The summed E-state index contributed by atoms with van der Waals surface area (Å²) in [6, 6.07) is 19.5. The number of amides is 1. The van der Waals surface area contributed by atoms with E-state index in [1.807, 2.05) is 40.1 Å². The Balaban J connectivity index is 1.10. The number of anilines is 1. The van der Waals surface area contributed by atoms with Crippen molar-refractivity contribution in [3.05, 3.63) is 88.3 Å². The van der Waals surface area contributed by atoms with Gasteiger partial charge in [0.2, 0.25) is 5.91 Å². The summed E-state index contributed by atoms with van der Waals surface area (Å²) in [5, 5.41) is 39.4. The number of nitrogens with one attached hydrogen (secondary N) is 2. The molecule has 0 atom stereocenters. The first-order chi connectivity index (χ1) is 22.3. The van der Waals surface area contributed by atoms with Gasteiger partial charge in [-0.3, -0.25) is 15.1 Å². The zero-order valence-electron chi connectivity index (χ0n) is 26.0. The minimum absolute atomic E-state index is 0.0208. The number of carbonyl (C=O) groups excluding carboxylic acids is 1. The largest absolute Gasteiger partial charge is 0.476 e. The number of aromatic nitrogens is 2. The number of aromatic carboxylic acids is 1. The van der Waals surface area contributed by atoms with Crippen molar-refractivity contribution in [2.75, 3.05) is 37.6 Å². The van der Waals surface area contributed by atoms with Crippen molar-refractivity contribution in [3.63, 3.8) is 0 Å². The molecule has 3 N–H and O–H groups in total. The third-order valence-electron chi connectivity index (χ3n) is 9.18. The summed E-state index contributed by atoms with van der Waals surface area (Å²) < 4.78 is 0. The smallest absolute Gasteiger partial charge is 0.356 e. The Labute approximate surface area is 268 Å². The van der Waals surface area contributed by atoms with E-state index in [1.54, 1.807) is 13.0 Å². The van der Waals surface area contributed by atoms with Gasteiger partial charge in [-0.25, -0.2) is 4.79 Å². The van der Waals surface area contributed by atoms with E-state index in [-0.39, 0.29) is 11.6 Å². The van der Waals surface area contributed by atoms with Crippen LogP contribution in [0.5, 0.6) is 0 Å². The summed E-state index contributed by atoms with van der Waals surface area (Å²) in [5.41, 5.74) is 7.30. The second-order valence-corrected chi connectivity index (χ2v) is 12.2. The lowest BCUT2D eigenvalue weighted by atomic mass is 9.96. The van der Waals surface area contributed by atoms with Crippen LogP contribution in [-0.4, -0.2) is 81.6 Å². The third-order valence-corrected chi connectivity index (χ3v) is 9.18. The predicted molar refractivity (Wildman–Crippen MR) is 174 cm³/mol. The highest BCUT2D eigenvalue weighted by atomic mass is 16.4. The average Bonchev–Trinajstić information content (AvgIpc) is 3.08. The van der Waals surface area contributed by atoms with E-state index < -0.39 is 5.97 Å². The lowest BCUT2D eigenvalue weighted by Gasteiger charge is -2.39. The maximum atomic E-state index is 12.4. The summed E-state index contributed by atoms with van der Waals surface area (Å²) in [4.78, 5) is 29.7. The summed E-state index contributed by atoms with van der Waals surface area (Å²) in [5.74, 6) is -0.639. The molecular weight excluding hydrogens is 580 g/mol. The quantitative estimate of drug-likeness (QED) is 0.262. The number of carbonyl (C=O) groups is 2. The summed E-state index contributed by atoms with van der Waals surface area (Å²) in [6.45, 7) is 6.12. The molecule has 0 unspecified atom stereocenters. The van der Waals surface area contributed by atoms with Crippen molar-refractivity contribution in [2.45, 2.75) is 51.6 Å². The molecule has 1 aromatic heterocycles. The normalized spacial score (nSPS) is 17.3. The number of amidine groups is 1. The molecule has 4 heterocycles. The summed E-state index contributed by atoms with van der Waals surface area (Å²) in [7, 11) is 0. The highest BCUT2D eigenvalue weighted by Gasteiger charge is 2.30. The number of fused-ring (bicyclic) bond motifs is 1.